The van der Waals surface area contributed by atoms with Gasteiger partial charge >= 0.3 is 0 Å². The highest BCUT2D eigenvalue weighted by Crippen LogP contribution is 2.24. The minimum Gasteiger partial charge on any atom is -0.394 e. The highest BCUT2D eigenvalue weighted by atomic mass is 35.5. The maximum atomic E-state index is 13.6. The smallest absolute Gasteiger partial charge is 0.131 e. The Balaban J connectivity index is 2.15. The van der Waals surface area contributed by atoms with Crippen LogP contribution >= 0.6 is 22.9 Å². The van der Waals surface area contributed by atoms with E-state index in [4.69, 9.17) is 11.6 Å². The molecule has 0 aliphatic heterocycles. The van der Waals surface area contributed by atoms with E-state index in [1.807, 2.05) is 5.38 Å². The topological polar surface area (TPSA) is 32.3 Å². The van der Waals surface area contributed by atoms with Crippen molar-refractivity contribution >= 4 is 22.9 Å². The van der Waals surface area contributed by atoms with Gasteiger partial charge in [-0.2, -0.15) is 0 Å². The Bertz CT molecular complexity index is 541. The van der Waals surface area contributed by atoms with Crippen LogP contribution < -0.4 is 5.32 Å². The fraction of sp³-hybridized carbons (Fsp3) is 0.231. The molecule has 2 N–H and O–H groups in total. The van der Waals surface area contributed by atoms with Crippen molar-refractivity contribution < 1.29 is 13.9 Å². The second-order valence-corrected chi connectivity index (χ2v) is 5.35. The zero-order valence-corrected chi connectivity index (χ0v) is 11.4. The van der Waals surface area contributed by atoms with Crippen LogP contribution in [0.3, 0.4) is 0 Å². The summed E-state index contributed by atoms with van der Waals surface area (Å²) in [5.74, 6) is -1.35. The summed E-state index contributed by atoms with van der Waals surface area (Å²) in [6.07, 6.45) is 0. The third-order valence-corrected chi connectivity index (χ3v) is 4.12. The molecule has 0 unspecified atom stereocenters. The number of hydrogen-bond donors (Lipinski definition) is 2. The van der Waals surface area contributed by atoms with Crippen molar-refractivity contribution in [3.05, 3.63) is 56.7 Å². The van der Waals surface area contributed by atoms with Gasteiger partial charge in [-0.1, -0.05) is 17.7 Å². The van der Waals surface area contributed by atoms with Gasteiger partial charge in [-0.25, -0.2) is 8.78 Å². The lowest BCUT2D eigenvalue weighted by atomic mass is 10.1. The molecule has 0 bridgehead atoms. The summed E-state index contributed by atoms with van der Waals surface area (Å²) in [5.41, 5.74) is -0.155. The summed E-state index contributed by atoms with van der Waals surface area (Å²) >= 11 is 7.38. The monoisotopic (exact) mass is 303 g/mol. The lowest BCUT2D eigenvalue weighted by molar-refractivity contribution is 0.237. The molecule has 1 aromatic heterocycles. The summed E-state index contributed by atoms with van der Waals surface area (Å²) in [5, 5.41) is 14.6. The molecule has 1 atom stereocenters. The van der Waals surface area contributed by atoms with Gasteiger partial charge in [-0.3, -0.25) is 0 Å². The Morgan fingerprint density at radius 1 is 1.26 bits per heavy atom. The Labute approximate surface area is 118 Å². The Morgan fingerprint density at radius 3 is 2.47 bits per heavy atom. The van der Waals surface area contributed by atoms with Crippen LogP contribution in [0.4, 0.5) is 8.78 Å². The molecule has 2 nitrogen and oxygen atoms in total. The van der Waals surface area contributed by atoms with E-state index in [-0.39, 0.29) is 5.56 Å². The average molecular weight is 304 g/mol. The van der Waals surface area contributed by atoms with Gasteiger partial charge in [-0.15, -0.1) is 11.3 Å². The quantitative estimate of drug-likeness (QED) is 0.886. The van der Waals surface area contributed by atoms with Gasteiger partial charge < -0.3 is 10.4 Å². The number of nitrogens with one attached hydrogen (secondary N) is 1. The molecule has 0 spiro atoms. The summed E-state index contributed by atoms with van der Waals surface area (Å²) in [6, 6.07) is 4.57. The van der Waals surface area contributed by atoms with E-state index < -0.39 is 24.3 Å². The molecule has 0 fully saturated rings. The molecule has 6 heteroatoms. The minimum atomic E-state index is -0.806. The van der Waals surface area contributed by atoms with E-state index in [1.165, 1.54) is 29.5 Å². The first-order valence-corrected chi connectivity index (χ1v) is 6.89. The number of aliphatic hydroxyl groups excluding tert-OH is 1. The van der Waals surface area contributed by atoms with Gasteiger partial charge in [0.15, 0.2) is 0 Å². The molecule has 1 aromatic carbocycles. The maximum absolute atomic E-state index is 13.6. The molecule has 0 aliphatic rings. The van der Waals surface area contributed by atoms with Gasteiger partial charge in [-0.05, 0) is 23.6 Å². The predicted molar refractivity (Wildman–Crippen MR) is 72.4 cm³/mol. The third-order valence-electron chi connectivity index (χ3n) is 2.73. The van der Waals surface area contributed by atoms with E-state index >= 15 is 0 Å². The lowest BCUT2D eigenvalue weighted by Gasteiger charge is -2.17. The first-order valence-electron chi connectivity index (χ1n) is 5.63. The molecule has 102 valence electrons. The second-order valence-electron chi connectivity index (χ2n) is 3.94. The number of hydrogen-bond acceptors (Lipinski definition) is 3. The SMILES string of the molecule is OC[C@@H](NCc1sccc1Cl)c1c(F)cccc1F. The van der Waals surface area contributed by atoms with Crippen molar-refractivity contribution in [2.45, 2.75) is 12.6 Å². The fourth-order valence-corrected chi connectivity index (χ4v) is 2.82. The van der Waals surface area contributed by atoms with Crippen molar-refractivity contribution in [1.29, 1.82) is 0 Å². The molecule has 1 heterocycles. The van der Waals surface area contributed by atoms with Gasteiger partial charge in [0.05, 0.1) is 17.7 Å². The molecule has 0 saturated carbocycles. The van der Waals surface area contributed by atoms with Gasteiger partial charge in [0.1, 0.15) is 11.6 Å². The predicted octanol–water partition coefficient (Wildman–Crippen LogP) is 3.50. The van der Waals surface area contributed by atoms with Crippen molar-refractivity contribution in [2.75, 3.05) is 6.61 Å². The average Bonchev–Trinajstić information content (AvgIpc) is 2.78. The highest BCUT2D eigenvalue weighted by molar-refractivity contribution is 7.10. The molecule has 19 heavy (non-hydrogen) atoms. The zero-order valence-electron chi connectivity index (χ0n) is 9.87. The Hall–Kier alpha value is -1.01. The summed E-state index contributed by atoms with van der Waals surface area (Å²) in [6.45, 7) is -0.0592. The molecule has 2 rings (SSSR count). The van der Waals surface area contributed by atoms with Crippen LogP contribution in [0.25, 0.3) is 0 Å². The molecule has 0 saturated heterocycles. The second kappa shape index (κ2) is 6.43. The summed E-state index contributed by atoms with van der Waals surface area (Å²) in [7, 11) is 0. The first kappa shape index (κ1) is 14.4. The molecule has 0 aliphatic carbocycles. The normalized spacial score (nSPS) is 12.6. The minimum absolute atomic E-state index is 0.155. The Kier molecular flexibility index (Phi) is 4.87. The number of thiophene rings is 1. The largest absolute Gasteiger partial charge is 0.394 e. The van der Waals surface area contributed by atoms with E-state index in [0.717, 1.165) is 4.88 Å². The highest BCUT2D eigenvalue weighted by Gasteiger charge is 2.19. The van der Waals surface area contributed by atoms with Crippen LogP contribution in [-0.4, -0.2) is 11.7 Å². The summed E-state index contributed by atoms with van der Waals surface area (Å²) in [4.78, 5) is 0.858. The van der Waals surface area contributed by atoms with Crippen LogP contribution in [0.5, 0.6) is 0 Å². The van der Waals surface area contributed by atoms with Crippen molar-refractivity contribution in [3.8, 4) is 0 Å². The number of benzene rings is 1. The van der Waals surface area contributed by atoms with Crippen molar-refractivity contribution in [1.82, 2.24) is 5.32 Å². The number of aliphatic hydroxyl groups is 1. The van der Waals surface area contributed by atoms with E-state index in [9.17, 15) is 13.9 Å². The number of halogens is 3. The fourth-order valence-electron chi connectivity index (χ4n) is 1.77. The molecular weight excluding hydrogens is 292 g/mol. The van der Waals surface area contributed by atoms with Crippen molar-refractivity contribution in [3.63, 3.8) is 0 Å². The lowest BCUT2D eigenvalue weighted by Crippen LogP contribution is -2.25. The van der Waals surface area contributed by atoms with Gasteiger partial charge in [0.2, 0.25) is 0 Å². The maximum Gasteiger partial charge on any atom is 0.131 e. The zero-order chi connectivity index (χ0) is 13.8. The first-order chi connectivity index (χ1) is 9.13. The summed E-state index contributed by atoms with van der Waals surface area (Å²) < 4.78 is 27.2. The number of rotatable bonds is 5. The van der Waals surface area contributed by atoms with E-state index in [2.05, 4.69) is 5.32 Å². The van der Waals surface area contributed by atoms with Crippen LogP contribution in [-0.2, 0) is 6.54 Å². The molecular formula is C13H12ClF2NOS. The van der Waals surface area contributed by atoms with Gasteiger partial charge in [0, 0.05) is 17.0 Å². The standard InChI is InChI=1S/C13H12ClF2NOS/c14-8-4-5-19-12(8)6-17-11(7-18)13-9(15)2-1-3-10(13)16/h1-5,11,17-18H,6-7H2/t11-/m1/s1. The van der Waals surface area contributed by atoms with Gasteiger partial charge in [0.25, 0.3) is 0 Å². The van der Waals surface area contributed by atoms with Crippen LogP contribution in [0.1, 0.15) is 16.5 Å². The van der Waals surface area contributed by atoms with E-state index in [0.29, 0.717) is 11.6 Å². The van der Waals surface area contributed by atoms with Crippen LogP contribution in [0.15, 0.2) is 29.6 Å². The molecule has 0 radical (unpaired) electrons. The van der Waals surface area contributed by atoms with Crippen molar-refractivity contribution in [2.24, 2.45) is 0 Å². The molecule has 0 amide bonds. The van der Waals surface area contributed by atoms with E-state index in [1.54, 1.807) is 6.07 Å². The van der Waals surface area contributed by atoms with Crippen LogP contribution in [0, 0.1) is 11.6 Å². The molecule has 2 aromatic rings. The Morgan fingerprint density at radius 2 is 1.95 bits per heavy atom. The van der Waals surface area contributed by atoms with Crippen LogP contribution in [0.2, 0.25) is 5.02 Å². The third kappa shape index (κ3) is 3.30.